The molecule has 2 aromatic rings. The lowest BCUT2D eigenvalue weighted by Gasteiger charge is -1.98. The largest absolute Gasteiger partial charge is 0.338 e. The Hall–Kier alpha value is -2.11. The van der Waals surface area contributed by atoms with Gasteiger partial charge < -0.3 is 10.3 Å². The number of aryl methyl sites for hydroxylation is 1. The van der Waals surface area contributed by atoms with E-state index in [9.17, 15) is 4.79 Å². The van der Waals surface area contributed by atoms with E-state index in [0.29, 0.717) is 17.3 Å². The SMILES string of the molecule is Cc1ncc(C(=O)Nc2ccn[nH]2)[nH]1. The third-order valence-corrected chi connectivity index (χ3v) is 1.70. The van der Waals surface area contributed by atoms with Crippen molar-refractivity contribution in [2.75, 3.05) is 5.32 Å². The molecule has 14 heavy (non-hydrogen) atoms. The van der Waals surface area contributed by atoms with Crippen molar-refractivity contribution in [2.45, 2.75) is 6.92 Å². The molecule has 6 heteroatoms. The topological polar surface area (TPSA) is 86.5 Å². The molecule has 2 rings (SSSR count). The Balaban J connectivity index is 2.10. The Bertz CT molecular complexity index is 430. The second kappa shape index (κ2) is 3.33. The first-order valence-corrected chi connectivity index (χ1v) is 4.08. The van der Waals surface area contributed by atoms with Crippen LogP contribution in [0.2, 0.25) is 0 Å². The van der Waals surface area contributed by atoms with Crippen molar-refractivity contribution in [1.29, 1.82) is 0 Å². The number of hydrogen-bond donors (Lipinski definition) is 3. The Morgan fingerprint density at radius 3 is 3.00 bits per heavy atom. The molecule has 0 saturated heterocycles. The number of aromatic amines is 2. The lowest BCUT2D eigenvalue weighted by Crippen LogP contribution is -2.12. The average molecular weight is 191 g/mol. The van der Waals surface area contributed by atoms with Crippen molar-refractivity contribution in [2.24, 2.45) is 0 Å². The van der Waals surface area contributed by atoms with Crippen LogP contribution in [0, 0.1) is 6.92 Å². The molecule has 72 valence electrons. The number of H-pyrrole nitrogens is 2. The number of aromatic nitrogens is 4. The molecule has 1 amide bonds. The highest BCUT2D eigenvalue weighted by Crippen LogP contribution is 2.02. The minimum Gasteiger partial charge on any atom is -0.338 e. The molecule has 0 fully saturated rings. The van der Waals surface area contributed by atoms with Crippen molar-refractivity contribution in [3.8, 4) is 0 Å². The standard InChI is InChI=1S/C8H9N5O/c1-5-9-4-6(11-5)8(14)12-7-2-3-10-13-7/h2-4H,1H3,(H,9,11)(H2,10,12,13,14). The molecule has 0 aliphatic rings. The maximum absolute atomic E-state index is 11.5. The van der Waals surface area contributed by atoms with Crippen molar-refractivity contribution < 1.29 is 4.79 Å². The molecule has 0 aliphatic heterocycles. The summed E-state index contributed by atoms with van der Waals surface area (Å²) in [5, 5.41) is 8.96. The molecule has 0 saturated carbocycles. The van der Waals surface area contributed by atoms with E-state index in [-0.39, 0.29) is 5.91 Å². The van der Waals surface area contributed by atoms with Crippen molar-refractivity contribution in [1.82, 2.24) is 20.2 Å². The van der Waals surface area contributed by atoms with Crippen LogP contribution in [-0.4, -0.2) is 26.1 Å². The molecule has 6 nitrogen and oxygen atoms in total. The van der Waals surface area contributed by atoms with Crippen LogP contribution >= 0.6 is 0 Å². The van der Waals surface area contributed by atoms with Crippen LogP contribution in [0.25, 0.3) is 0 Å². The zero-order valence-electron chi connectivity index (χ0n) is 7.53. The van der Waals surface area contributed by atoms with E-state index in [4.69, 9.17) is 0 Å². The van der Waals surface area contributed by atoms with Gasteiger partial charge in [0.2, 0.25) is 0 Å². The van der Waals surface area contributed by atoms with Gasteiger partial charge in [-0.05, 0) is 6.92 Å². The number of anilines is 1. The molecule has 0 atom stereocenters. The average Bonchev–Trinajstić information content (AvgIpc) is 2.75. The first-order chi connectivity index (χ1) is 6.75. The van der Waals surface area contributed by atoms with Crippen molar-refractivity contribution in [3.63, 3.8) is 0 Å². The molecule has 0 aromatic carbocycles. The summed E-state index contributed by atoms with van der Waals surface area (Å²) in [5.41, 5.74) is 0.428. The second-order valence-electron chi connectivity index (χ2n) is 2.81. The number of carbonyl (C=O) groups excluding carboxylic acids is 1. The summed E-state index contributed by atoms with van der Waals surface area (Å²) in [6.45, 7) is 1.78. The number of hydrogen-bond acceptors (Lipinski definition) is 3. The van der Waals surface area contributed by atoms with Gasteiger partial charge in [-0.15, -0.1) is 0 Å². The summed E-state index contributed by atoms with van der Waals surface area (Å²) in [6, 6.07) is 1.67. The zero-order chi connectivity index (χ0) is 9.97. The highest BCUT2D eigenvalue weighted by molar-refractivity contribution is 6.02. The maximum Gasteiger partial charge on any atom is 0.274 e. The molecule has 2 aromatic heterocycles. The first kappa shape index (κ1) is 8.49. The van der Waals surface area contributed by atoms with Crippen molar-refractivity contribution in [3.05, 3.63) is 30.0 Å². The predicted octanol–water partition coefficient (Wildman–Crippen LogP) is 0.694. The minimum absolute atomic E-state index is 0.241. The number of nitrogens with zero attached hydrogens (tertiary/aromatic N) is 2. The Morgan fingerprint density at radius 1 is 1.57 bits per heavy atom. The number of rotatable bonds is 2. The van der Waals surface area contributed by atoms with Gasteiger partial charge in [-0.2, -0.15) is 5.10 Å². The first-order valence-electron chi connectivity index (χ1n) is 4.08. The predicted molar refractivity (Wildman–Crippen MR) is 49.9 cm³/mol. The molecule has 2 heterocycles. The van der Waals surface area contributed by atoms with Crippen LogP contribution in [0.4, 0.5) is 5.82 Å². The van der Waals surface area contributed by atoms with Crippen LogP contribution in [0.1, 0.15) is 16.3 Å². The Kier molecular flexibility index (Phi) is 2.02. The summed E-state index contributed by atoms with van der Waals surface area (Å²) >= 11 is 0. The molecular weight excluding hydrogens is 182 g/mol. The summed E-state index contributed by atoms with van der Waals surface area (Å²) in [4.78, 5) is 18.3. The van der Waals surface area contributed by atoms with Crippen LogP contribution < -0.4 is 5.32 Å². The van der Waals surface area contributed by atoms with E-state index in [0.717, 1.165) is 0 Å². The number of imidazole rings is 1. The van der Waals surface area contributed by atoms with E-state index < -0.39 is 0 Å². The van der Waals surface area contributed by atoms with Crippen LogP contribution in [0.5, 0.6) is 0 Å². The number of nitrogens with one attached hydrogen (secondary N) is 3. The minimum atomic E-state index is -0.241. The van der Waals surface area contributed by atoms with Crippen LogP contribution in [0.3, 0.4) is 0 Å². The summed E-state index contributed by atoms with van der Waals surface area (Å²) in [7, 11) is 0. The van der Waals surface area contributed by atoms with Gasteiger partial charge in [0.25, 0.3) is 5.91 Å². The Labute approximate surface area is 79.8 Å². The molecule has 0 bridgehead atoms. The number of carbonyl (C=O) groups is 1. The van der Waals surface area contributed by atoms with Gasteiger partial charge in [0.15, 0.2) is 0 Å². The summed E-state index contributed by atoms with van der Waals surface area (Å²) < 4.78 is 0. The second-order valence-corrected chi connectivity index (χ2v) is 2.81. The zero-order valence-corrected chi connectivity index (χ0v) is 7.53. The van der Waals surface area contributed by atoms with E-state index in [2.05, 4.69) is 25.5 Å². The lowest BCUT2D eigenvalue weighted by atomic mass is 10.4. The van der Waals surface area contributed by atoms with E-state index in [1.807, 2.05) is 0 Å². The van der Waals surface area contributed by atoms with Gasteiger partial charge in [-0.1, -0.05) is 0 Å². The van der Waals surface area contributed by atoms with Gasteiger partial charge in [-0.3, -0.25) is 9.89 Å². The molecule has 3 N–H and O–H groups in total. The molecule has 0 unspecified atom stereocenters. The summed E-state index contributed by atoms with van der Waals surface area (Å²) in [6.07, 6.45) is 3.05. The smallest absolute Gasteiger partial charge is 0.274 e. The van der Waals surface area contributed by atoms with Crippen LogP contribution in [0.15, 0.2) is 18.5 Å². The quantitative estimate of drug-likeness (QED) is 0.652. The normalized spacial score (nSPS) is 10.1. The van der Waals surface area contributed by atoms with E-state index in [1.165, 1.54) is 6.20 Å². The maximum atomic E-state index is 11.5. The van der Waals surface area contributed by atoms with Gasteiger partial charge in [0, 0.05) is 6.07 Å². The molecule has 0 aliphatic carbocycles. The molecule has 0 radical (unpaired) electrons. The van der Waals surface area contributed by atoms with Crippen LogP contribution in [-0.2, 0) is 0 Å². The fourth-order valence-electron chi connectivity index (χ4n) is 1.05. The highest BCUT2D eigenvalue weighted by atomic mass is 16.2. The Morgan fingerprint density at radius 2 is 2.43 bits per heavy atom. The van der Waals surface area contributed by atoms with Gasteiger partial charge in [-0.25, -0.2) is 4.98 Å². The molecular formula is C8H9N5O. The lowest BCUT2D eigenvalue weighted by molar-refractivity contribution is 0.102. The monoisotopic (exact) mass is 191 g/mol. The van der Waals surface area contributed by atoms with Gasteiger partial charge in [0.1, 0.15) is 17.3 Å². The van der Waals surface area contributed by atoms with E-state index >= 15 is 0 Å². The van der Waals surface area contributed by atoms with E-state index in [1.54, 1.807) is 19.2 Å². The fraction of sp³-hybridized carbons (Fsp3) is 0.125. The van der Waals surface area contributed by atoms with Crippen molar-refractivity contribution >= 4 is 11.7 Å². The molecule has 0 spiro atoms. The third kappa shape index (κ3) is 1.63. The highest BCUT2D eigenvalue weighted by Gasteiger charge is 2.08. The van der Waals surface area contributed by atoms with Gasteiger partial charge >= 0.3 is 0 Å². The number of amides is 1. The summed E-state index contributed by atoms with van der Waals surface area (Å²) in [5.74, 6) is 1.02. The van der Waals surface area contributed by atoms with Gasteiger partial charge in [0.05, 0.1) is 12.4 Å². The fourth-order valence-corrected chi connectivity index (χ4v) is 1.05. The third-order valence-electron chi connectivity index (χ3n) is 1.70.